The second kappa shape index (κ2) is 8.01. The first-order chi connectivity index (χ1) is 12.0. The Labute approximate surface area is 155 Å². The van der Waals surface area contributed by atoms with Crippen LogP contribution in [-0.2, 0) is 15.3 Å². The van der Waals surface area contributed by atoms with E-state index >= 15 is 0 Å². The highest BCUT2D eigenvalue weighted by molar-refractivity contribution is 8.00. The van der Waals surface area contributed by atoms with Crippen LogP contribution >= 0.6 is 23.1 Å². The summed E-state index contributed by atoms with van der Waals surface area (Å²) in [4.78, 5) is 28.8. The molecule has 0 radical (unpaired) electrons. The number of nitrogens with zero attached hydrogens (tertiary/aromatic N) is 1. The molecular weight excluding hydrogens is 356 g/mol. The van der Waals surface area contributed by atoms with E-state index < -0.39 is 12.1 Å². The van der Waals surface area contributed by atoms with Gasteiger partial charge in [0, 0.05) is 22.9 Å². The Morgan fingerprint density at radius 2 is 2.16 bits per heavy atom. The highest BCUT2D eigenvalue weighted by Crippen LogP contribution is 2.27. The Hall–Kier alpha value is -1.86. The Kier molecular flexibility index (Phi) is 5.75. The SMILES string of the molecule is Cc1csc(SCc2ccccc2C(=O)O[C@H](C)C(=O)NC2CC2)n1. The summed E-state index contributed by atoms with van der Waals surface area (Å²) in [7, 11) is 0. The molecule has 1 aromatic carbocycles. The van der Waals surface area contributed by atoms with E-state index in [1.807, 2.05) is 24.4 Å². The van der Waals surface area contributed by atoms with Gasteiger partial charge in [-0.2, -0.15) is 0 Å². The topological polar surface area (TPSA) is 68.3 Å². The summed E-state index contributed by atoms with van der Waals surface area (Å²) in [6.45, 7) is 3.56. The molecule has 0 aliphatic heterocycles. The molecule has 3 rings (SSSR count). The lowest BCUT2D eigenvalue weighted by Gasteiger charge is -2.14. The highest BCUT2D eigenvalue weighted by atomic mass is 32.2. The van der Waals surface area contributed by atoms with Crippen molar-refractivity contribution in [1.82, 2.24) is 10.3 Å². The number of carbonyl (C=O) groups excluding carboxylic acids is 2. The Morgan fingerprint density at radius 3 is 2.84 bits per heavy atom. The van der Waals surface area contributed by atoms with Crippen molar-refractivity contribution in [2.24, 2.45) is 0 Å². The second-order valence-corrected chi connectivity index (χ2v) is 8.11. The van der Waals surface area contributed by atoms with Crippen LogP contribution in [-0.4, -0.2) is 29.0 Å². The van der Waals surface area contributed by atoms with Gasteiger partial charge in [-0.25, -0.2) is 9.78 Å². The van der Waals surface area contributed by atoms with Crippen LogP contribution in [0.25, 0.3) is 0 Å². The van der Waals surface area contributed by atoms with Crippen LogP contribution in [0.1, 0.15) is 41.4 Å². The zero-order valence-electron chi connectivity index (χ0n) is 14.2. The Morgan fingerprint density at radius 1 is 1.40 bits per heavy atom. The van der Waals surface area contributed by atoms with E-state index in [2.05, 4.69) is 10.3 Å². The van der Waals surface area contributed by atoms with Crippen molar-refractivity contribution in [3.05, 3.63) is 46.5 Å². The summed E-state index contributed by atoms with van der Waals surface area (Å²) < 4.78 is 6.32. The number of esters is 1. The molecule has 1 aliphatic rings. The molecule has 1 aromatic heterocycles. The van der Waals surface area contributed by atoms with Gasteiger partial charge >= 0.3 is 5.97 Å². The largest absolute Gasteiger partial charge is 0.449 e. The van der Waals surface area contributed by atoms with Gasteiger partial charge in [0.15, 0.2) is 6.10 Å². The van der Waals surface area contributed by atoms with Gasteiger partial charge in [0.05, 0.1) is 5.56 Å². The lowest BCUT2D eigenvalue weighted by molar-refractivity contribution is -0.129. The van der Waals surface area contributed by atoms with Crippen LogP contribution < -0.4 is 5.32 Å². The normalized spacial score (nSPS) is 14.8. The molecule has 25 heavy (non-hydrogen) atoms. The molecule has 7 heteroatoms. The minimum atomic E-state index is -0.796. The number of nitrogens with one attached hydrogen (secondary N) is 1. The number of hydrogen-bond donors (Lipinski definition) is 1. The molecule has 1 fully saturated rings. The summed E-state index contributed by atoms with van der Waals surface area (Å²) >= 11 is 3.18. The number of thiazole rings is 1. The van der Waals surface area contributed by atoms with Crippen molar-refractivity contribution in [2.45, 2.75) is 48.9 Å². The first-order valence-electron chi connectivity index (χ1n) is 8.17. The number of hydrogen-bond acceptors (Lipinski definition) is 6. The average Bonchev–Trinajstić information content (AvgIpc) is 3.32. The van der Waals surface area contributed by atoms with Crippen LogP contribution in [0.5, 0.6) is 0 Å². The predicted molar refractivity (Wildman–Crippen MR) is 98.9 cm³/mol. The van der Waals surface area contributed by atoms with Crippen LogP contribution in [0.3, 0.4) is 0 Å². The van der Waals surface area contributed by atoms with Crippen LogP contribution in [0.2, 0.25) is 0 Å². The maximum Gasteiger partial charge on any atom is 0.339 e. The summed E-state index contributed by atoms with van der Waals surface area (Å²) in [6, 6.07) is 7.57. The van der Waals surface area contributed by atoms with Crippen molar-refractivity contribution < 1.29 is 14.3 Å². The minimum absolute atomic E-state index is 0.235. The third kappa shape index (κ3) is 5.06. The molecule has 132 valence electrons. The summed E-state index contributed by atoms with van der Waals surface area (Å²) in [5, 5.41) is 4.85. The first kappa shape index (κ1) is 17.9. The second-order valence-electron chi connectivity index (χ2n) is 6.03. The fourth-order valence-corrected chi connectivity index (χ4v) is 4.06. The molecule has 1 atom stereocenters. The fraction of sp³-hybridized carbons (Fsp3) is 0.389. The number of ether oxygens (including phenoxy) is 1. The van der Waals surface area contributed by atoms with Crippen LogP contribution in [0.4, 0.5) is 0 Å². The molecule has 0 unspecified atom stereocenters. The molecule has 1 saturated carbocycles. The lowest BCUT2D eigenvalue weighted by atomic mass is 10.1. The van der Waals surface area contributed by atoms with Gasteiger partial charge in [-0.1, -0.05) is 30.0 Å². The quantitative estimate of drug-likeness (QED) is 0.591. The third-order valence-electron chi connectivity index (χ3n) is 3.76. The first-order valence-corrected chi connectivity index (χ1v) is 10.0. The third-order valence-corrected chi connectivity index (χ3v) is 5.95. The molecule has 0 saturated heterocycles. The number of carbonyl (C=O) groups is 2. The molecule has 1 heterocycles. The number of aryl methyl sites for hydroxylation is 1. The van der Waals surface area contributed by atoms with Gasteiger partial charge < -0.3 is 10.1 Å². The molecule has 0 bridgehead atoms. The summed E-state index contributed by atoms with van der Waals surface area (Å²) in [5.74, 6) is -0.0770. The molecule has 2 aromatic rings. The van der Waals surface area contributed by atoms with Gasteiger partial charge in [-0.05, 0) is 38.3 Å². The standard InChI is InChI=1S/C18H20N2O3S2/c1-11-9-24-18(19-11)25-10-13-5-3-4-6-15(13)17(22)23-12(2)16(21)20-14-7-8-14/h3-6,9,12,14H,7-8,10H2,1-2H3,(H,20,21)/t12-/m1/s1. The highest BCUT2D eigenvalue weighted by Gasteiger charge is 2.27. The van der Waals surface area contributed by atoms with E-state index in [-0.39, 0.29) is 11.9 Å². The van der Waals surface area contributed by atoms with E-state index in [1.165, 1.54) is 0 Å². The molecular formula is C18H20N2O3S2. The van der Waals surface area contributed by atoms with E-state index in [9.17, 15) is 9.59 Å². The van der Waals surface area contributed by atoms with Crippen molar-refractivity contribution >= 4 is 35.0 Å². The van der Waals surface area contributed by atoms with E-state index in [0.717, 1.165) is 28.4 Å². The van der Waals surface area contributed by atoms with Crippen molar-refractivity contribution in [3.8, 4) is 0 Å². The molecule has 1 aliphatic carbocycles. The van der Waals surface area contributed by atoms with E-state index in [1.54, 1.807) is 42.2 Å². The minimum Gasteiger partial charge on any atom is -0.449 e. The van der Waals surface area contributed by atoms with Gasteiger partial charge in [0.1, 0.15) is 4.34 Å². The number of benzene rings is 1. The van der Waals surface area contributed by atoms with E-state index in [0.29, 0.717) is 11.3 Å². The molecule has 5 nitrogen and oxygen atoms in total. The zero-order valence-corrected chi connectivity index (χ0v) is 15.8. The van der Waals surface area contributed by atoms with Crippen molar-refractivity contribution in [3.63, 3.8) is 0 Å². The Balaban J connectivity index is 1.62. The lowest BCUT2D eigenvalue weighted by Crippen LogP contribution is -2.37. The number of aromatic nitrogens is 1. The summed E-state index contributed by atoms with van der Waals surface area (Å²) in [5.41, 5.74) is 2.37. The van der Waals surface area contributed by atoms with Crippen LogP contribution in [0.15, 0.2) is 34.0 Å². The number of amides is 1. The van der Waals surface area contributed by atoms with Crippen LogP contribution in [0, 0.1) is 6.92 Å². The van der Waals surface area contributed by atoms with Gasteiger partial charge in [-0.15, -0.1) is 11.3 Å². The fourth-order valence-electron chi connectivity index (χ4n) is 2.21. The number of rotatable bonds is 7. The molecule has 0 spiro atoms. The van der Waals surface area contributed by atoms with Gasteiger partial charge in [0.2, 0.25) is 0 Å². The smallest absolute Gasteiger partial charge is 0.339 e. The van der Waals surface area contributed by atoms with Gasteiger partial charge in [0.25, 0.3) is 5.91 Å². The predicted octanol–water partition coefficient (Wildman–Crippen LogP) is 3.57. The zero-order chi connectivity index (χ0) is 17.8. The Bertz CT molecular complexity index is 771. The van der Waals surface area contributed by atoms with Crippen molar-refractivity contribution in [1.29, 1.82) is 0 Å². The van der Waals surface area contributed by atoms with Gasteiger partial charge in [-0.3, -0.25) is 4.79 Å². The monoisotopic (exact) mass is 376 g/mol. The molecule has 1 N–H and O–H groups in total. The average molecular weight is 377 g/mol. The number of thioether (sulfide) groups is 1. The molecule has 1 amide bonds. The van der Waals surface area contributed by atoms with E-state index in [4.69, 9.17) is 4.74 Å². The maximum atomic E-state index is 12.5. The summed E-state index contributed by atoms with van der Waals surface area (Å²) in [6.07, 6.45) is 1.21. The maximum absolute atomic E-state index is 12.5. The van der Waals surface area contributed by atoms with Crippen molar-refractivity contribution in [2.75, 3.05) is 0 Å².